The van der Waals surface area contributed by atoms with E-state index >= 15 is 0 Å². The highest BCUT2D eigenvalue weighted by Crippen LogP contribution is 2.22. The number of aromatic nitrogens is 1. The molecule has 2 aromatic rings. The molecule has 192 valence electrons. The zero-order chi connectivity index (χ0) is 26.3. The predicted molar refractivity (Wildman–Crippen MR) is 138 cm³/mol. The SMILES string of the molecule is C=C/C=C(\OC)c1ncc(C=O)s1.CN(Cc1ccccc1OCCCCCC(=O)O)C(C)(C)O. The standard InChI is InChI=1S/C17H27NO4.C9H9NO2S/c1-17(2,21)18(3)13-14-9-6-7-10-15(14)22-12-8-4-5-11-16(19)20;1-3-4-8(12-2)9-10-5-7(6-11)13-9/h6-7,9-10,21H,4-5,8,11-13H2,1-3H3,(H,19,20);3-6H,1H2,2H3/b;8-4-. The van der Waals surface area contributed by atoms with Gasteiger partial charge in [-0.3, -0.25) is 14.5 Å². The third-order valence-electron chi connectivity index (χ3n) is 4.95. The Labute approximate surface area is 211 Å². The molecule has 0 spiro atoms. The van der Waals surface area contributed by atoms with E-state index < -0.39 is 11.7 Å². The first-order valence-electron chi connectivity index (χ1n) is 11.3. The number of thiazole rings is 1. The lowest BCUT2D eigenvalue weighted by atomic mass is 10.1. The van der Waals surface area contributed by atoms with Crippen LogP contribution in [0.25, 0.3) is 5.76 Å². The van der Waals surface area contributed by atoms with Crippen molar-refractivity contribution < 1.29 is 29.3 Å². The molecule has 1 aromatic heterocycles. The number of rotatable bonds is 14. The zero-order valence-corrected chi connectivity index (χ0v) is 21.7. The molecular formula is C26H36N2O6S. The number of hydrogen-bond acceptors (Lipinski definition) is 8. The van der Waals surface area contributed by atoms with Crippen molar-refractivity contribution >= 4 is 29.4 Å². The second-order valence-electron chi connectivity index (χ2n) is 8.17. The summed E-state index contributed by atoms with van der Waals surface area (Å²) >= 11 is 1.29. The number of nitrogens with zero attached hydrogens (tertiary/aromatic N) is 2. The summed E-state index contributed by atoms with van der Waals surface area (Å²) in [6.07, 6.45) is 8.18. The van der Waals surface area contributed by atoms with E-state index in [1.807, 2.05) is 36.2 Å². The molecule has 0 saturated heterocycles. The lowest BCUT2D eigenvalue weighted by Crippen LogP contribution is -2.40. The summed E-state index contributed by atoms with van der Waals surface area (Å²) in [5, 5.41) is 19.3. The Balaban J connectivity index is 0.000000400. The van der Waals surface area contributed by atoms with E-state index in [-0.39, 0.29) is 6.42 Å². The number of carboxylic acid groups (broad SMARTS) is 1. The molecule has 9 heteroatoms. The van der Waals surface area contributed by atoms with Crippen LogP contribution in [0.1, 0.15) is 59.8 Å². The number of benzene rings is 1. The van der Waals surface area contributed by atoms with Crippen LogP contribution in [-0.4, -0.2) is 58.8 Å². The van der Waals surface area contributed by atoms with Crippen molar-refractivity contribution in [1.29, 1.82) is 0 Å². The van der Waals surface area contributed by atoms with E-state index in [4.69, 9.17) is 14.6 Å². The highest BCUT2D eigenvalue weighted by atomic mass is 32.1. The second kappa shape index (κ2) is 15.8. The Bertz CT molecular complexity index is 965. The summed E-state index contributed by atoms with van der Waals surface area (Å²) in [5.74, 6) is 0.686. The van der Waals surface area contributed by atoms with E-state index in [0.29, 0.717) is 35.2 Å². The van der Waals surface area contributed by atoms with Crippen LogP contribution >= 0.6 is 11.3 Å². The Morgan fingerprint density at radius 3 is 2.54 bits per heavy atom. The van der Waals surface area contributed by atoms with Gasteiger partial charge in [-0.25, -0.2) is 4.98 Å². The predicted octanol–water partition coefficient (Wildman–Crippen LogP) is 5.00. The van der Waals surface area contributed by atoms with Crippen LogP contribution in [0.2, 0.25) is 0 Å². The van der Waals surface area contributed by atoms with Crippen molar-refractivity contribution in [1.82, 2.24) is 9.88 Å². The number of aliphatic hydroxyl groups is 1. The zero-order valence-electron chi connectivity index (χ0n) is 20.9. The van der Waals surface area contributed by atoms with E-state index in [1.54, 1.807) is 33.1 Å². The number of aliphatic carboxylic acids is 1. The molecule has 35 heavy (non-hydrogen) atoms. The van der Waals surface area contributed by atoms with Crippen molar-refractivity contribution in [2.45, 2.75) is 51.8 Å². The van der Waals surface area contributed by atoms with Gasteiger partial charge in [0.1, 0.15) is 11.5 Å². The molecular weight excluding hydrogens is 468 g/mol. The third-order valence-corrected chi connectivity index (χ3v) is 5.88. The summed E-state index contributed by atoms with van der Waals surface area (Å²) in [5.41, 5.74) is 0.141. The monoisotopic (exact) mass is 504 g/mol. The molecule has 1 aromatic carbocycles. The molecule has 0 radical (unpaired) electrons. The maximum atomic E-state index is 10.4. The fourth-order valence-corrected chi connectivity index (χ4v) is 3.48. The minimum Gasteiger partial charge on any atom is -0.494 e. The number of ether oxygens (including phenoxy) is 2. The summed E-state index contributed by atoms with van der Waals surface area (Å²) in [6.45, 7) is 8.22. The average Bonchev–Trinajstić information content (AvgIpc) is 3.29. The van der Waals surface area contributed by atoms with Gasteiger partial charge in [0.05, 0.1) is 18.6 Å². The van der Waals surface area contributed by atoms with Gasteiger partial charge in [-0.15, -0.1) is 11.3 Å². The first kappa shape index (κ1) is 30.0. The van der Waals surface area contributed by atoms with Crippen LogP contribution in [0.15, 0.2) is 49.2 Å². The van der Waals surface area contributed by atoms with Crippen molar-refractivity contribution in [3.63, 3.8) is 0 Å². The van der Waals surface area contributed by atoms with Gasteiger partial charge in [0.15, 0.2) is 17.1 Å². The van der Waals surface area contributed by atoms with E-state index in [0.717, 1.165) is 30.4 Å². The second-order valence-corrected chi connectivity index (χ2v) is 9.23. The third kappa shape index (κ3) is 11.8. The van der Waals surface area contributed by atoms with Gasteiger partial charge in [0.2, 0.25) is 0 Å². The smallest absolute Gasteiger partial charge is 0.303 e. The molecule has 0 aliphatic heterocycles. The first-order valence-corrected chi connectivity index (χ1v) is 12.1. The van der Waals surface area contributed by atoms with Crippen LogP contribution < -0.4 is 4.74 Å². The maximum absolute atomic E-state index is 10.4. The van der Waals surface area contributed by atoms with Crippen molar-refractivity contribution in [3.05, 3.63) is 64.6 Å². The van der Waals surface area contributed by atoms with E-state index in [2.05, 4.69) is 11.6 Å². The van der Waals surface area contributed by atoms with Gasteiger partial charge >= 0.3 is 5.97 Å². The minimum atomic E-state index is -0.885. The Kier molecular flexibility index (Phi) is 13.6. The molecule has 0 bridgehead atoms. The number of methoxy groups -OCH3 is 1. The van der Waals surface area contributed by atoms with Crippen molar-refractivity contribution in [3.8, 4) is 5.75 Å². The van der Waals surface area contributed by atoms with Crippen LogP contribution in [0.3, 0.4) is 0 Å². The van der Waals surface area contributed by atoms with Gasteiger partial charge in [-0.1, -0.05) is 30.9 Å². The van der Waals surface area contributed by atoms with Gasteiger partial charge in [-0.05, 0) is 52.3 Å². The number of aldehydes is 1. The number of unbranched alkanes of at least 4 members (excludes halogenated alkanes) is 2. The van der Waals surface area contributed by atoms with E-state index in [9.17, 15) is 14.7 Å². The first-order chi connectivity index (χ1) is 16.6. The molecule has 0 amide bonds. The molecule has 2 rings (SSSR count). The Morgan fingerprint density at radius 2 is 1.97 bits per heavy atom. The number of carbonyl (C=O) groups is 2. The number of allylic oxidation sites excluding steroid dienone is 2. The average molecular weight is 505 g/mol. The quantitative estimate of drug-likeness (QED) is 0.122. The Hall–Kier alpha value is -3.01. The van der Waals surface area contributed by atoms with Crippen molar-refractivity contribution in [2.75, 3.05) is 20.8 Å². The largest absolute Gasteiger partial charge is 0.494 e. The highest BCUT2D eigenvalue weighted by molar-refractivity contribution is 7.14. The molecule has 0 saturated carbocycles. The Morgan fingerprint density at radius 1 is 1.26 bits per heavy atom. The summed E-state index contributed by atoms with van der Waals surface area (Å²) < 4.78 is 10.9. The van der Waals surface area contributed by atoms with Crippen molar-refractivity contribution in [2.24, 2.45) is 0 Å². The van der Waals surface area contributed by atoms with Gasteiger partial charge < -0.3 is 19.7 Å². The fourth-order valence-electron chi connectivity index (χ4n) is 2.75. The topological polar surface area (TPSA) is 109 Å². The number of carbonyl (C=O) groups excluding carboxylic acids is 1. The van der Waals surface area contributed by atoms with Gasteiger partial charge in [0, 0.05) is 24.7 Å². The summed E-state index contributed by atoms with van der Waals surface area (Å²) in [4.78, 5) is 27.3. The lowest BCUT2D eigenvalue weighted by Gasteiger charge is -2.30. The normalized spacial score (nSPS) is 11.4. The molecule has 0 aliphatic rings. The number of hydrogen-bond donors (Lipinski definition) is 2. The van der Waals surface area contributed by atoms with Crippen LogP contribution in [0.5, 0.6) is 5.75 Å². The molecule has 0 aliphatic carbocycles. The molecule has 0 fully saturated rings. The number of carboxylic acids is 1. The summed E-state index contributed by atoms with van der Waals surface area (Å²) in [6, 6.07) is 7.79. The molecule has 2 N–H and O–H groups in total. The van der Waals surface area contributed by atoms with Gasteiger partial charge in [0.25, 0.3) is 0 Å². The lowest BCUT2D eigenvalue weighted by molar-refractivity contribution is -0.137. The van der Waals surface area contributed by atoms with Gasteiger partial charge in [-0.2, -0.15) is 0 Å². The van der Waals surface area contributed by atoms with Crippen LogP contribution in [0.4, 0.5) is 0 Å². The minimum absolute atomic E-state index is 0.215. The fraction of sp³-hybridized carbons (Fsp3) is 0.423. The molecule has 8 nitrogen and oxygen atoms in total. The summed E-state index contributed by atoms with van der Waals surface area (Å²) in [7, 11) is 3.42. The maximum Gasteiger partial charge on any atom is 0.303 e. The highest BCUT2D eigenvalue weighted by Gasteiger charge is 2.20. The van der Waals surface area contributed by atoms with E-state index in [1.165, 1.54) is 17.5 Å². The molecule has 0 atom stereocenters. The van der Waals surface area contributed by atoms with Crippen LogP contribution in [0, 0.1) is 0 Å². The molecule has 1 heterocycles. The van der Waals surface area contributed by atoms with Crippen LogP contribution in [-0.2, 0) is 16.1 Å². The number of para-hydroxylation sites is 1. The molecule has 0 unspecified atom stereocenters.